The lowest BCUT2D eigenvalue weighted by Crippen LogP contribution is -2.49. The number of amides is 1. The van der Waals surface area contributed by atoms with Gasteiger partial charge in [-0.3, -0.25) is 4.79 Å². The summed E-state index contributed by atoms with van der Waals surface area (Å²) >= 11 is 0. The molecular weight excluding hydrogens is 252 g/mol. The molecule has 0 saturated carbocycles. The van der Waals surface area contributed by atoms with Gasteiger partial charge in [0.1, 0.15) is 5.54 Å². The van der Waals surface area contributed by atoms with Crippen LogP contribution in [-0.4, -0.2) is 19.1 Å². The maximum Gasteiger partial charge on any atom is 0.242 e. The first kappa shape index (κ1) is 16.7. The van der Waals surface area contributed by atoms with Crippen molar-refractivity contribution in [2.75, 3.05) is 13.2 Å². The Hall–Kier alpha value is -1.39. The quantitative estimate of drug-likeness (QED) is 0.679. The Morgan fingerprint density at radius 3 is 2.45 bits per heavy atom. The molecule has 0 aliphatic carbocycles. The maximum atomic E-state index is 11.7. The molecule has 0 heterocycles. The lowest BCUT2D eigenvalue weighted by Gasteiger charge is -2.26. The van der Waals surface area contributed by atoms with Crippen molar-refractivity contribution in [3.8, 4) is 0 Å². The molecule has 20 heavy (non-hydrogen) atoms. The smallest absolute Gasteiger partial charge is 0.242 e. The Bertz CT molecular complexity index is 406. The largest absolute Gasteiger partial charge is 0.381 e. The summed E-state index contributed by atoms with van der Waals surface area (Å²) in [6.45, 7) is 5.51. The summed E-state index contributed by atoms with van der Waals surface area (Å²) in [6.07, 6.45) is 2.56. The van der Waals surface area contributed by atoms with Crippen LogP contribution in [0.2, 0.25) is 0 Å². The van der Waals surface area contributed by atoms with Crippen LogP contribution in [0.15, 0.2) is 30.3 Å². The van der Waals surface area contributed by atoms with Crippen LogP contribution < -0.4 is 11.5 Å². The van der Waals surface area contributed by atoms with Gasteiger partial charge in [-0.05, 0) is 24.3 Å². The molecule has 4 nitrogen and oxygen atoms in total. The van der Waals surface area contributed by atoms with E-state index in [4.69, 9.17) is 16.2 Å². The Morgan fingerprint density at radius 2 is 1.90 bits per heavy atom. The van der Waals surface area contributed by atoms with E-state index in [9.17, 15) is 4.79 Å². The minimum atomic E-state index is -1.15. The van der Waals surface area contributed by atoms with Crippen LogP contribution in [0.3, 0.4) is 0 Å². The molecule has 4 heteroatoms. The normalized spacial score (nSPS) is 14.2. The van der Waals surface area contributed by atoms with Crippen LogP contribution in [0.5, 0.6) is 0 Å². The van der Waals surface area contributed by atoms with E-state index in [1.807, 2.05) is 30.3 Å². The summed E-state index contributed by atoms with van der Waals surface area (Å²) in [5, 5.41) is 0. The van der Waals surface area contributed by atoms with Crippen LogP contribution in [-0.2, 0) is 15.1 Å². The monoisotopic (exact) mass is 278 g/mol. The van der Waals surface area contributed by atoms with E-state index in [-0.39, 0.29) is 0 Å². The van der Waals surface area contributed by atoms with Crippen molar-refractivity contribution in [1.82, 2.24) is 0 Å². The molecule has 1 unspecified atom stereocenters. The standard InChI is InChI=1S/C16H26N2O2/c1-13(2)7-6-11-20-12-10-16(18,15(17)19)14-8-4-3-5-9-14/h3-5,8-9,13H,6-7,10-12,18H2,1-2H3,(H2,17,19). The van der Waals surface area contributed by atoms with Crippen LogP contribution in [0.25, 0.3) is 0 Å². The molecule has 0 bridgehead atoms. The van der Waals surface area contributed by atoms with Crippen LogP contribution in [0.4, 0.5) is 0 Å². The van der Waals surface area contributed by atoms with Crippen molar-refractivity contribution < 1.29 is 9.53 Å². The van der Waals surface area contributed by atoms with E-state index >= 15 is 0 Å². The highest BCUT2D eigenvalue weighted by Crippen LogP contribution is 2.21. The minimum absolute atomic E-state index is 0.397. The number of carbonyl (C=O) groups excluding carboxylic acids is 1. The molecule has 112 valence electrons. The van der Waals surface area contributed by atoms with Crippen molar-refractivity contribution in [2.45, 2.75) is 38.6 Å². The fourth-order valence-corrected chi connectivity index (χ4v) is 2.07. The Balaban J connectivity index is 2.46. The van der Waals surface area contributed by atoms with Crippen LogP contribution >= 0.6 is 0 Å². The summed E-state index contributed by atoms with van der Waals surface area (Å²) in [4.78, 5) is 11.7. The van der Waals surface area contributed by atoms with Gasteiger partial charge in [0.15, 0.2) is 0 Å². The summed E-state index contributed by atoms with van der Waals surface area (Å²) < 4.78 is 5.56. The van der Waals surface area contributed by atoms with Gasteiger partial charge in [-0.25, -0.2) is 0 Å². The number of ether oxygens (including phenoxy) is 1. The second kappa shape index (κ2) is 8.02. The maximum absolute atomic E-state index is 11.7. The molecule has 0 fully saturated rings. The molecule has 0 saturated heterocycles. The summed E-state index contributed by atoms with van der Waals surface area (Å²) in [5.41, 5.74) is 11.2. The molecule has 0 aliphatic rings. The van der Waals surface area contributed by atoms with Crippen molar-refractivity contribution in [3.63, 3.8) is 0 Å². The van der Waals surface area contributed by atoms with Gasteiger partial charge in [0.2, 0.25) is 5.91 Å². The molecule has 0 aliphatic heterocycles. The summed E-state index contributed by atoms with van der Waals surface area (Å²) in [6, 6.07) is 9.23. The second-order valence-corrected chi connectivity index (χ2v) is 5.60. The highest BCUT2D eigenvalue weighted by molar-refractivity contribution is 5.85. The van der Waals surface area contributed by atoms with Gasteiger partial charge < -0.3 is 16.2 Å². The highest BCUT2D eigenvalue weighted by Gasteiger charge is 2.33. The fourth-order valence-electron chi connectivity index (χ4n) is 2.07. The van der Waals surface area contributed by atoms with E-state index in [0.29, 0.717) is 25.6 Å². The lowest BCUT2D eigenvalue weighted by molar-refractivity contribution is -0.124. The van der Waals surface area contributed by atoms with Gasteiger partial charge in [-0.1, -0.05) is 44.2 Å². The average molecular weight is 278 g/mol. The first-order chi connectivity index (χ1) is 9.47. The van der Waals surface area contributed by atoms with E-state index in [0.717, 1.165) is 18.4 Å². The topological polar surface area (TPSA) is 78.3 Å². The molecule has 1 aromatic rings. The lowest BCUT2D eigenvalue weighted by atomic mass is 9.87. The van der Waals surface area contributed by atoms with Crippen molar-refractivity contribution >= 4 is 5.91 Å². The minimum Gasteiger partial charge on any atom is -0.381 e. The molecule has 4 N–H and O–H groups in total. The number of benzene rings is 1. The molecule has 1 aromatic carbocycles. The van der Waals surface area contributed by atoms with Crippen LogP contribution in [0, 0.1) is 5.92 Å². The molecular formula is C16H26N2O2. The molecule has 0 aromatic heterocycles. The SMILES string of the molecule is CC(C)CCCOCCC(N)(C(N)=O)c1ccccc1. The number of primary amides is 1. The van der Waals surface area contributed by atoms with Gasteiger partial charge >= 0.3 is 0 Å². The third kappa shape index (κ3) is 4.94. The Labute approximate surface area is 121 Å². The zero-order chi connectivity index (χ0) is 15.0. The van der Waals surface area contributed by atoms with Crippen molar-refractivity contribution in [2.24, 2.45) is 17.4 Å². The first-order valence-corrected chi connectivity index (χ1v) is 7.19. The predicted octanol–water partition coefficient (Wildman–Crippen LogP) is 2.17. The molecule has 1 atom stereocenters. The number of hydrogen-bond donors (Lipinski definition) is 2. The van der Waals surface area contributed by atoms with Gasteiger partial charge in [-0.2, -0.15) is 0 Å². The van der Waals surface area contributed by atoms with E-state index in [1.54, 1.807) is 0 Å². The van der Waals surface area contributed by atoms with Gasteiger partial charge in [-0.15, -0.1) is 0 Å². The van der Waals surface area contributed by atoms with Gasteiger partial charge in [0.05, 0.1) is 0 Å². The van der Waals surface area contributed by atoms with Gasteiger partial charge in [0.25, 0.3) is 0 Å². The first-order valence-electron chi connectivity index (χ1n) is 7.19. The fraction of sp³-hybridized carbons (Fsp3) is 0.562. The second-order valence-electron chi connectivity index (χ2n) is 5.60. The number of nitrogens with two attached hydrogens (primary N) is 2. The molecule has 1 rings (SSSR count). The average Bonchev–Trinajstić information content (AvgIpc) is 2.42. The zero-order valence-electron chi connectivity index (χ0n) is 12.5. The van der Waals surface area contributed by atoms with E-state index in [2.05, 4.69) is 13.8 Å². The molecule has 0 spiro atoms. The van der Waals surface area contributed by atoms with E-state index < -0.39 is 11.4 Å². The third-order valence-corrected chi connectivity index (χ3v) is 3.44. The summed E-state index contributed by atoms with van der Waals surface area (Å²) in [7, 11) is 0. The third-order valence-electron chi connectivity index (χ3n) is 3.44. The summed E-state index contributed by atoms with van der Waals surface area (Å²) in [5.74, 6) is 0.164. The molecule has 1 amide bonds. The zero-order valence-corrected chi connectivity index (χ0v) is 12.5. The number of carbonyl (C=O) groups is 1. The van der Waals surface area contributed by atoms with E-state index in [1.165, 1.54) is 0 Å². The Kier molecular flexibility index (Phi) is 6.68. The van der Waals surface area contributed by atoms with Crippen molar-refractivity contribution in [1.29, 1.82) is 0 Å². The van der Waals surface area contributed by atoms with Crippen LogP contribution in [0.1, 0.15) is 38.7 Å². The van der Waals surface area contributed by atoms with Gasteiger partial charge in [0, 0.05) is 19.6 Å². The highest BCUT2D eigenvalue weighted by atomic mass is 16.5. The predicted molar refractivity (Wildman–Crippen MR) is 81.0 cm³/mol. The molecule has 0 radical (unpaired) electrons. The Morgan fingerprint density at radius 1 is 1.25 bits per heavy atom. The van der Waals surface area contributed by atoms with Crippen molar-refractivity contribution in [3.05, 3.63) is 35.9 Å². The number of rotatable bonds is 9. The number of hydrogen-bond acceptors (Lipinski definition) is 3.